The largest absolute Gasteiger partial charge is 0.497 e. The van der Waals surface area contributed by atoms with E-state index in [1.54, 1.807) is 37.5 Å². The Morgan fingerprint density at radius 3 is 2.70 bits per heavy atom. The van der Waals surface area contributed by atoms with Gasteiger partial charge in [0.2, 0.25) is 11.0 Å². The summed E-state index contributed by atoms with van der Waals surface area (Å²) in [7, 11) is 1.60. The number of anilines is 1. The number of rotatable bonds is 7. The van der Waals surface area contributed by atoms with Gasteiger partial charge in [0.1, 0.15) is 5.75 Å². The number of thioether (sulfide) groups is 2. The first-order valence-corrected chi connectivity index (χ1v) is 12.4. The van der Waals surface area contributed by atoms with Crippen LogP contribution in [0.1, 0.15) is 5.56 Å². The minimum atomic E-state index is -0.229. The zero-order valence-corrected chi connectivity index (χ0v) is 20.3. The minimum Gasteiger partial charge on any atom is -0.497 e. The Kier molecular flexibility index (Phi) is 7.65. The third-order valence-electron chi connectivity index (χ3n) is 4.11. The van der Waals surface area contributed by atoms with Crippen molar-refractivity contribution in [2.75, 3.05) is 18.2 Å². The number of halogens is 1. The molecule has 2 amide bonds. The summed E-state index contributed by atoms with van der Waals surface area (Å²) in [5, 5.41) is 15.0. The first kappa shape index (κ1) is 23.3. The zero-order chi connectivity index (χ0) is 23.2. The van der Waals surface area contributed by atoms with Crippen LogP contribution in [-0.2, 0) is 9.59 Å². The first-order chi connectivity index (χ1) is 16.0. The van der Waals surface area contributed by atoms with Gasteiger partial charge in [-0.3, -0.25) is 9.59 Å². The summed E-state index contributed by atoms with van der Waals surface area (Å²) in [5.41, 5.74) is 1.54. The molecule has 0 spiro atoms. The van der Waals surface area contributed by atoms with Gasteiger partial charge in [-0.05, 0) is 59.8 Å². The van der Waals surface area contributed by atoms with Crippen molar-refractivity contribution in [3.63, 3.8) is 0 Å². The minimum absolute atomic E-state index is 0.169. The molecule has 1 fully saturated rings. The van der Waals surface area contributed by atoms with Gasteiger partial charge >= 0.3 is 0 Å². The van der Waals surface area contributed by atoms with Crippen molar-refractivity contribution in [2.45, 2.75) is 4.34 Å². The number of benzene rings is 2. The topological polar surface area (TPSA) is 106 Å². The van der Waals surface area contributed by atoms with Crippen molar-refractivity contribution < 1.29 is 14.3 Å². The molecule has 12 heteroatoms. The maximum absolute atomic E-state index is 12.3. The lowest BCUT2D eigenvalue weighted by Crippen LogP contribution is -2.19. The fourth-order valence-electron chi connectivity index (χ4n) is 2.58. The number of nitrogens with one attached hydrogen (secondary N) is 2. The summed E-state index contributed by atoms with van der Waals surface area (Å²) >= 11 is 9.56. The molecule has 1 saturated heterocycles. The Labute approximate surface area is 206 Å². The Hall–Kier alpha value is -2.86. The number of aromatic nitrogens is 2. The summed E-state index contributed by atoms with van der Waals surface area (Å²) in [5.74, 6) is 0.522. The SMILES string of the molecule is COc1ccc(/C=C2\S/C(=N/c3nnc(SCC(=O)Nc4ccc(Cl)cc4)s3)NC2=O)cc1. The first-order valence-electron chi connectivity index (χ1n) is 9.44. The number of amides is 2. The maximum atomic E-state index is 12.3. The van der Waals surface area contributed by atoms with E-state index < -0.39 is 0 Å². The molecule has 0 atom stereocenters. The van der Waals surface area contributed by atoms with Crippen molar-refractivity contribution in [3.8, 4) is 5.75 Å². The number of amidine groups is 1. The van der Waals surface area contributed by atoms with Gasteiger partial charge in [0.25, 0.3) is 5.91 Å². The third-order valence-corrected chi connectivity index (χ3v) is 7.22. The van der Waals surface area contributed by atoms with Crippen LogP contribution in [0.2, 0.25) is 5.02 Å². The van der Waals surface area contributed by atoms with E-state index in [0.717, 1.165) is 11.3 Å². The Morgan fingerprint density at radius 2 is 1.97 bits per heavy atom. The van der Waals surface area contributed by atoms with Crippen LogP contribution in [0.5, 0.6) is 5.75 Å². The van der Waals surface area contributed by atoms with Crippen LogP contribution in [0.15, 0.2) is 62.8 Å². The monoisotopic (exact) mass is 517 g/mol. The van der Waals surface area contributed by atoms with E-state index in [0.29, 0.717) is 30.3 Å². The summed E-state index contributed by atoms with van der Waals surface area (Å²) in [6, 6.07) is 14.3. The Balaban J connectivity index is 1.33. The van der Waals surface area contributed by atoms with Crippen LogP contribution in [0.4, 0.5) is 10.8 Å². The molecule has 3 aromatic rings. The number of ether oxygens (including phenoxy) is 1. The van der Waals surface area contributed by atoms with Gasteiger partial charge in [-0.1, -0.05) is 46.8 Å². The molecule has 0 radical (unpaired) electrons. The van der Waals surface area contributed by atoms with Crippen LogP contribution >= 0.6 is 46.5 Å². The van der Waals surface area contributed by atoms with Gasteiger partial charge in [-0.15, -0.1) is 10.2 Å². The van der Waals surface area contributed by atoms with Crippen molar-refractivity contribution >= 4 is 80.3 Å². The molecule has 1 aliphatic heterocycles. The molecule has 0 unspecified atom stereocenters. The highest BCUT2D eigenvalue weighted by molar-refractivity contribution is 8.18. The lowest BCUT2D eigenvalue weighted by atomic mass is 10.2. The lowest BCUT2D eigenvalue weighted by Gasteiger charge is -2.03. The molecule has 2 aromatic carbocycles. The molecule has 2 heterocycles. The number of carbonyl (C=O) groups is 2. The van der Waals surface area contributed by atoms with Crippen LogP contribution in [0, 0.1) is 0 Å². The highest BCUT2D eigenvalue weighted by Gasteiger charge is 2.24. The standard InChI is InChI=1S/C21H16ClN5O3S3/c1-30-15-8-2-12(3-9-15)10-16-18(29)24-19(32-16)25-20-26-27-21(33-20)31-11-17(28)23-14-6-4-13(22)5-7-14/h2-10H,11H2,1H3,(H,23,28)(H,24,25,26,29)/b16-10-. The molecular weight excluding hydrogens is 502 g/mol. The van der Waals surface area contributed by atoms with Gasteiger partial charge in [0, 0.05) is 10.7 Å². The van der Waals surface area contributed by atoms with Crippen LogP contribution in [-0.4, -0.2) is 40.0 Å². The summed E-state index contributed by atoms with van der Waals surface area (Å²) in [6.45, 7) is 0. The van der Waals surface area contributed by atoms with Crippen molar-refractivity contribution in [3.05, 3.63) is 64.0 Å². The van der Waals surface area contributed by atoms with Crippen molar-refractivity contribution in [1.29, 1.82) is 0 Å². The van der Waals surface area contributed by atoms with Crippen molar-refractivity contribution in [1.82, 2.24) is 15.5 Å². The fourth-order valence-corrected chi connectivity index (χ4v) is 5.11. The second-order valence-electron chi connectivity index (χ2n) is 6.45. The van der Waals surface area contributed by atoms with Crippen LogP contribution in [0.25, 0.3) is 6.08 Å². The molecule has 8 nitrogen and oxygen atoms in total. The average molecular weight is 518 g/mol. The summed E-state index contributed by atoms with van der Waals surface area (Å²) < 4.78 is 5.74. The second-order valence-corrected chi connectivity index (χ2v) is 10.1. The average Bonchev–Trinajstić information content (AvgIpc) is 3.40. The Bertz CT molecular complexity index is 1230. The van der Waals surface area contributed by atoms with Crippen LogP contribution < -0.4 is 15.4 Å². The molecule has 4 rings (SSSR count). The van der Waals surface area contributed by atoms with Crippen LogP contribution in [0.3, 0.4) is 0 Å². The summed E-state index contributed by atoms with van der Waals surface area (Å²) in [6.07, 6.45) is 1.78. The van der Waals surface area contributed by atoms with E-state index in [2.05, 4.69) is 25.8 Å². The molecule has 0 saturated carbocycles. The molecule has 0 bridgehead atoms. The van der Waals surface area contributed by atoms with E-state index in [1.165, 1.54) is 34.9 Å². The van der Waals surface area contributed by atoms with E-state index in [1.807, 2.05) is 24.3 Å². The van der Waals surface area contributed by atoms with Gasteiger partial charge in [0.05, 0.1) is 17.8 Å². The van der Waals surface area contributed by atoms with E-state index in [4.69, 9.17) is 16.3 Å². The third kappa shape index (κ3) is 6.57. The normalized spacial score (nSPS) is 15.6. The second kappa shape index (κ2) is 10.8. The molecule has 1 aromatic heterocycles. The highest BCUT2D eigenvalue weighted by Crippen LogP contribution is 2.31. The number of methoxy groups -OCH3 is 1. The number of nitrogens with zero attached hydrogens (tertiary/aromatic N) is 3. The predicted octanol–water partition coefficient (Wildman–Crippen LogP) is 4.82. The van der Waals surface area contributed by atoms with E-state index >= 15 is 0 Å². The van der Waals surface area contributed by atoms with E-state index in [-0.39, 0.29) is 17.6 Å². The fraction of sp³-hybridized carbons (Fsp3) is 0.0952. The Morgan fingerprint density at radius 1 is 1.21 bits per heavy atom. The summed E-state index contributed by atoms with van der Waals surface area (Å²) in [4.78, 5) is 29.3. The smallest absolute Gasteiger partial charge is 0.264 e. The number of carbonyl (C=O) groups excluding carboxylic acids is 2. The maximum Gasteiger partial charge on any atom is 0.264 e. The van der Waals surface area contributed by atoms with Gasteiger partial charge in [-0.2, -0.15) is 4.99 Å². The molecule has 1 aliphatic rings. The molecule has 0 aliphatic carbocycles. The molecular formula is C21H16ClN5O3S3. The molecule has 2 N–H and O–H groups in total. The predicted molar refractivity (Wildman–Crippen MR) is 135 cm³/mol. The zero-order valence-electron chi connectivity index (χ0n) is 17.1. The van der Waals surface area contributed by atoms with Gasteiger partial charge in [0.15, 0.2) is 9.51 Å². The van der Waals surface area contributed by atoms with Gasteiger partial charge < -0.3 is 15.4 Å². The number of aliphatic imine (C=N–C) groups is 1. The van der Waals surface area contributed by atoms with Gasteiger partial charge in [-0.25, -0.2) is 0 Å². The van der Waals surface area contributed by atoms with Crippen molar-refractivity contribution in [2.24, 2.45) is 4.99 Å². The quantitative estimate of drug-likeness (QED) is 0.342. The molecule has 33 heavy (non-hydrogen) atoms. The number of hydrogen-bond acceptors (Lipinski definition) is 9. The highest BCUT2D eigenvalue weighted by atomic mass is 35.5. The molecule has 168 valence electrons. The number of hydrogen-bond donors (Lipinski definition) is 2. The lowest BCUT2D eigenvalue weighted by molar-refractivity contribution is -0.115. The van der Waals surface area contributed by atoms with E-state index in [9.17, 15) is 9.59 Å².